The Morgan fingerprint density at radius 2 is 2.22 bits per heavy atom. The van der Waals surface area contributed by atoms with Gasteiger partial charge in [-0.2, -0.15) is 4.98 Å². The third-order valence-corrected chi connectivity index (χ3v) is 6.76. The van der Waals surface area contributed by atoms with Gasteiger partial charge in [0.1, 0.15) is 11.3 Å². The van der Waals surface area contributed by atoms with E-state index in [1.54, 1.807) is 11.3 Å². The Morgan fingerprint density at radius 3 is 2.96 bits per heavy atom. The van der Waals surface area contributed by atoms with Crippen molar-refractivity contribution in [1.82, 2.24) is 9.97 Å². The van der Waals surface area contributed by atoms with Gasteiger partial charge in [0, 0.05) is 16.8 Å². The Bertz CT molecular complexity index is 821. The Labute approximate surface area is 158 Å². The van der Waals surface area contributed by atoms with Crippen LogP contribution < -0.4 is 11.1 Å². The normalized spacial score (nSPS) is 20.3. The molecule has 0 fully saturated rings. The lowest BCUT2D eigenvalue weighted by molar-refractivity contribution is 0.527. The first-order valence-electron chi connectivity index (χ1n) is 7.31. The lowest BCUT2D eigenvalue weighted by Crippen LogP contribution is -2.29. The number of thiophene rings is 1. The summed E-state index contributed by atoms with van der Waals surface area (Å²) in [6.07, 6.45) is 6.26. The highest BCUT2D eigenvalue weighted by Crippen LogP contribution is 2.42. The van der Waals surface area contributed by atoms with E-state index >= 15 is 0 Å². The van der Waals surface area contributed by atoms with E-state index in [1.165, 1.54) is 4.88 Å². The number of fused-ring (bicyclic) bond motifs is 1. The minimum Gasteiger partial charge on any atom is -0.358 e. The second-order valence-corrected chi connectivity index (χ2v) is 7.76. The lowest BCUT2D eigenvalue weighted by atomic mass is 9.88. The average molecular weight is 459 g/mol. The number of aromatic nitrogens is 2. The first kappa shape index (κ1) is 17.0. The molecular formula is C16H16ClIN4S. The van der Waals surface area contributed by atoms with Gasteiger partial charge < -0.3 is 11.1 Å². The van der Waals surface area contributed by atoms with Gasteiger partial charge in [0.05, 0.1) is 14.8 Å². The molecule has 0 bridgehead atoms. The standard InChI is InChI=1S/C16H16ClIN4S/c1-2-3-8-20-15-14-12(21-16(17)22-15)11(18)13(23-14)9-6-4-5-7-10(9)19/h4-5,9-10H,6-8,19H2,1H3,(H,20,21,22)/t9-,10-/m0/s1. The maximum atomic E-state index is 6.32. The highest BCUT2D eigenvalue weighted by atomic mass is 127. The van der Waals surface area contributed by atoms with Crippen molar-refractivity contribution < 1.29 is 0 Å². The fourth-order valence-electron chi connectivity index (χ4n) is 2.65. The zero-order valence-corrected chi connectivity index (χ0v) is 16.3. The van der Waals surface area contributed by atoms with Crippen LogP contribution in [-0.4, -0.2) is 22.6 Å². The SMILES string of the molecule is CC#CCNc1nc(Cl)nc2c(I)c([C@H]3CC=CC[C@@H]3N)sc12. The minimum absolute atomic E-state index is 0.146. The molecule has 2 aromatic rings. The van der Waals surface area contributed by atoms with E-state index in [0.29, 0.717) is 12.5 Å². The number of anilines is 1. The summed E-state index contributed by atoms with van der Waals surface area (Å²) < 4.78 is 2.15. The fourth-order valence-corrected chi connectivity index (χ4v) is 5.41. The predicted octanol–water partition coefficient (Wildman–Crippen LogP) is 4.15. The molecule has 0 saturated carbocycles. The van der Waals surface area contributed by atoms with Gasteiger partial charge >= 0.3 is 0 Å². The Morgan fingerprint density at radius 1 is 1.43 bits per heavy atom. The third-order valence-electron chi connectivity index (χ3n) is 3.81. The summed E-state index contributed by atoms with van der Waals surface area (Å²) in [4.78, 5) is 10.0. The van der Waals surface area contributed by atoms with Crippen LogP contribution >= 0.6 is 45.5 Å². The second-order valence-electron chi connectivity index (χ2n) is 5.29. The Kier molecular flexibility index (Phi) is 5.42. The number of hydrogen-bond donors (Lipinski definition) is 2. The maximum absolute atomic E-state index is 6.32. The number of allylic oxidation sites excluding steroid dienone is 1. The van der Waals surface area contributed by atoms with Crippen LogP contribution in [0.1, 0.15) is 30.6 Å². The summed E-state index contributed by atoms with van der Waals surface area (Å²) in [5.41, 5.74) is 7.23. The van der Waals surface area contributed by atoms with Gasteiger partial charge in [0.2, 0.25) is 5.28 Å². The molecule has 4 nitrogen and oxygen atoms in total. The first-order valence-corrected chi connectivity index (χ1v) is 9.58. The van der Waals surface area contributed by atoms with Crippen LogP contribution in [0, 0.1) is 15.4 Å². The summed E-state index contributed by atoms with van der Waals surface area (Å²) in [5, 5.41) is 3.49. The zero-order chi connectivity index (χ0) is 16.4. The summed E-state index contributed by atoms with van der Waals surface area (Å²) in [5.74, 6) is 6.92. The lowest BCUT2D eigenvalue weighted by Gasteiger charge is -2.24. The molecule has 2 aromatic heterocycles. The van der Waals surface area contributed by atoms with E-state index in [1.807, 2.05) is 6.92 Å². The molecule has 0 unspecified atom stereocenters. The van der Waals surface area contributed by atoms with E-state index in [4.69, 9.17) is 17.3 Å². The molecule has 0 saturated heterocycles. The summed E-state index contributed by atoms with van der Waals surface area (Å²) in [6.45, 7) is 2.35. The van der Waals surface area contributed by atoms with Crippen LogP contribution in [0.2, 0.25) is 5.28 Å². The number of nitrogens with zero attached hydrogens (tertiary/aromatic N) is 2. The van der Waals surface area contributed by atoms with Crippen LogP contribution in [0.5, 0.6) is 0 Å². The highest BCUT2D eigenvalue weighted by Gasteiger charge is 2.27. The van der Waals surface area contributed by atoms with Crippen molar-refractivity contribution in [3.63, 3.8) is 0 Å². The monoisotopic (exact) mass is 458 g/mol. The molecule has 23 heavy (non-hydrogen) atoms. The first-order chi connectivity index (χ1) is 11.1. The van der Waals surface area contributed by atoms with Crippen LogP contribution in [0.4, 0.5) is 5.82 Å². The summed E-state index contributed by atoms with van der Waals surface area (Å²) in [6, 6.07) is 0.146. The van der Waals surface area contributed by atoms with E-state index in [-0.39, 0.29) is 11.3 Å². The van der Waals surface area contributed by atoms with Gasteiger partial charge in [0.25, 0.3) is 0 Å². The van der Waals surface area contributed by atoms with Crippen molar-refractivity contribution in [1.29, 1.82) is 0 Å². The predicted molar refractivity (Wildman–Crippen MR) is 106 cm³/mol. The quantitative estimate of drug-likeness (QED) is 0.314. The molecule has 2 atom stereocenters. The molecule has 0 aromatic carbocycles. The minimum atomic E-state index is 0.146. The molecule has 0 amide bonds. The topological polar surface area (TPSA) is 63.8 Å². The third kappa shape index (κ3) is 3.48. The number of halogens is 2. The maximum Gasteiger partial charge on any atom is 0.225 e. The Balaban J connectivity index is 2.07. The molecule has 7 heteroatoms. The van der Waals surface area contributed by atoms with Crippen molar-refractivity contribution in [2.75, 3.05) is 11.9 Å². The zero-order valence-electron chi connectivity index (χ0n) is 12.6. The number of rotatable bonds is 3. The number of nitrogens with one attached hydrogen (secondary N) is 1. The molecule has 1 aliphatic carbocycles. The van der Waals surface area contributed by atoms with Crippen molar-refractivity contribution >= 4 is 61.6 Å². The van der Waals surface area contributed by atoms with Crippen molar-refractivity contribution in [3.8, 4) is 11.8 Å². The fraction of sp³-hybridized carbons (Fsp3) is 0.375. The molecule has 0 spiro atoms. The largest absolute Gasteiger partial charge is 0.358 e. The number of nitrogens with two attached hydrogens (primary N) is 1. The molecule has 2 heterocycles. The van der Waals surface area contributed by atoms with Gasteiger partial charge in [-0.1, -0.05) is 18.1 Å². The highest BCUT2D eigenvalue weighted by molar-refractivity contribution is 14.1. The van der Waals surface area contributed by atoms with Crippen LogP contribution in [0.25, 0.3) is 10.2 Å². The second kappa shape index (κ2) is 7.34. The van der Waals surface area contributed by atoms with Gasteiger partial charge in [-0.25, -0.2) is 4.98 Å². The molecule has 3 N–H and O–H groups in total. The van der Waals surface area contributed by atoms with Gasteiger partial charge in [-0.15, -0.1) is 17.3 Å². The van der Waals surface area contributed by atoms with Gasteiger partial charge in [0.15, 0.2) is 0 Å². The molecule has 0 aliphatic heterocycles. The Hall–Kier alpha value is -0.880. The molecular weight excluding hydrogens is 443 g/mol. The molecule has 120 valence electrons. The average Bonchev–Trinajstić information content (AvgIpc) is 2.85. The van der Waals surface area contributed by atoms with E-state index in [2.05, 4.69) is 61.9 Å². The smallest absolute Gasteiger partial charge is 0.225 e. The van der Waals surface area contributed by atoms with Crippen LogP contribution in [0.15, 0.2) is 12.2 Å². The summed E-state index contributed by atoms with van der Waals surface area (Å²) >= 11 is 10.2. The van der Waals surface area contributed by atoms with Gasteiger partial charge in [-0.05, 0) is 54.0 Å². The van der Waals surface area contributed by atoms with Gasteiger partial charge in [-0.3, -0.25) is 0 Å². The van der Waals surface area contributed by atoms with Crippen LogP contribution in [-0.2, 0) is 0 Å². The van der Waals surface area contributed by atoms with Crippen molar-refractivity contribution in [3.05, 3.63) is 25.9 Å². The summed E-state index contributed by atoms with van der Waals surface area (Å²) in [7, 11) is 0. The van der Waals surface area contributed by atoms with E-state index in [9.17, 15) is 0 Å². The van der Waals surface area contributed by atoms with E-state index < -0.39 is 0 Å². The molecule has 1 aliphatic rings. The van der Waals surface area contributed by atoms with Crippen molar-refractivity contribution in [2.45, 2.75) is 31.7 Å². The van der Waals surface area contributed by atoms with Crippen molar-refractivity contribution in [2.24, 2.45) is 5.73 Å². The molecule has 0 radical (unpaired) electrons. The number of hydrogen-bond acceptors (Lipinski definition) is 5. The molecule has 3 rings (SSSR count). The van der Waals surface area contributed by atoms with Crippen LogP contribution in [0.3, 0.4) is 0 Å². The van der Waals surface area contributed by atoms with E-state index in [0.717, 1.165) is 32.4 Å².